The Bertz CT molecular complexity index is 318. The highest BCUT2D eigenvalue weighted by molar-refractivity contribution is 5.78. The molecule has 0 aliphatic carbocycles. The highest BCUT2D eigenvalue weighted by atomic mass is 16.3. The van der Waals surface area contributed by atoms with E-state index < -0.39 is 6.10 Å². The third-order valence-electron chi connectivity index (χ3n) is 3.61. The molecule has 5 heteroatoms. The lowest BCUT2D eigenvalue weighted by Gasteiger charge is -2.34. The van der Waals surface area contributed by atoms with Gasteiger partial charge >= 0.3 is 0 Å². The van der Waals surface area contributed by atoms with Crippen LogP contribution >= 0.6 is 0 Å². The normalized spacial score (nSPS) is 21.3. The molecule has 0 aromatic heterocycles. The molecular formula is C14H26N2O3. The van der Waals surface area contributed by atoms with Gasteiger partial charge in [-0.15, -0.1) is 0 Å². The average Bonchev–Trinajstić information content (AvgIpc) is 2.38. The molecule has 0 aromatic rings. The maximum Gasteiger partial charge on any atom is 0.225 e. The molecule has 1 rings (SSSR count). The molecule has 2 atom stereocenters. The van der Waals surface area contributed by atoms with E-state index in [-0.39, 0.29) is 30.2 Å². The first-order valence-corrected chi connectivity index (χ1v) is 7.19. The van der Waals surface area contributed by atoms with E-state index in [0.29, 0.717) is 13.0 Å². The number of carbonyl (C=O) groups excluding carboxylic acids is 2. The minimum Gasteiger partial charge on any atom is -0.392 e. The van der Waals surface area contributed by atoms with Gasteiger partial charge in [0.2, 0.25) is 11.8 Å². The molecule has 5 nitrogen and oxygen atoms in total. The number of aliphatic hydroxyl groups is 1. The number of carbonyl (C=O) groups is 2. The molecule has 2 unspecified atom stereocenters. The van der Waals surface area contributed by atoms with Gasteiger partial charge in [-0.25, -0.2) is 0 Å². The summed E-state index contributed by atoms with van der Waals surface area (Å²) >= 11 is 0. The van der Waals surface area contributed by atoms with Crippen molar-refractivity contribution in [2.75, 3.05) is 13.1 Å². The number of hydrogen-bond acceptors (Lipinski definition) is 3. The van der Waals surface area contributed by atoms with Crippen molar-refractivity contribution in [2.24, 2.45) is 5.92 Å². The monoisotopic (exact) mass is 270 g/mol. The summed E-state index contributed by atoms with van der Waals surface area (Å²) in [5.74, 6) is 0.0995. The third kappa shape index (κ3) is 5.19. The summed E-state index contributed by atoms with van der Waals surface area (Å²) in [7, 11) is 0. The number of likely N-dealkylation sites (tertiary alicyclic amines) is 1. The lowest BCUT2D eigenvalue weighted by atomic mass is 10.0. The van der Waals surface area contributed by atoms with Crippen LogP contribution < -0.4 is 5.32 Å². The van der Waals surface area contributed by atoms with Crippen LogP contribution in [0, 0.1) is 5.92 Å². The largest absolute Gasteiger partial charge is 0.392 e. The van der Waals surface area contributed by atoms with Crippen molar-refractivity contribution in [3.63, 3.8) is 0 Å². The van der Waals surface area contributed by atoms with Crippen molar-refractivity contribution < 1.29 is 14.7 Å². The molecule has 1 heterocycles. The molecule has 19 heavy (non-hydrogen) atoms. The molecule has 2 amide bonds. The Labute approximate surface area is 115 Å². The number of hydrogen-bond donors (Lipinski definition) is 2. The maximum atomic E-state index is 12.1. The molecule has 0 spiro atoms. The van der Waals surface area contributed by atoms with E-state index in [9.17, 15) is 14.7 Å². The smallest absolute Gasteiger partial charge is 0.225 e. The Morgan fingerprint density at radius 3 is 2.68 bits per heavy atom. The number of nitrogens with zero attached hydrogens (tertiary/aromatic N) is 1. The van der Waals surface area contributed by atoms with Crippen LogP contribution in [-0.2, 0) is 9.59 Å². The van der Waals surface area contributed by atoms with Crippen molar-refractivity contribution in [1.29, 1.82) is 0 Å². The fourth-order valence-electron chi connectivity index (χ4n) is 2.19. The first-order valence-electron chi connectivity index (χ1n) is 7.19. The van der Waals surface area contributed by atoms with Gasteiger partial charge in [-0.3, -0.25) is 9.59 Å². The van der Waals surface area contributed by atoms with Gasteiger partial charge < -0.3 is 15.3 Å². The van der Waals surface area contributed by atoms with E-state index in [2.05, 4.69) is 5.32 Å². The topological polar surface area (TPSA) is 69.6 Å². The number of amides is 2. The highest BCUT2D eigenvalue weighted by Gasteiger charge is 2.26. The minimum atomic E-state index is -0.585. The van der Waals surface area contributed by atoms with Crippen molar-refractivity contribution in [3.05, 3.63) is 0 Å². The lowest BCUT2D eigenvalue weighted by Crippen LogP contribution is -2.50. The molecule has 0 radical (unpaired) electrons. The van der Waals surface area contributed by atoms with Gasteiger partial charge in [0.05, 0.1) is 12.5 Å². The van der Waals surface area contributed by atoms with Crippen molar-refractivity contribution in [1.82, 2.24) is 10.2 Å². The average molecular weight is 270 g/mol. The van der Waals surface area contributed by atoms with Gasteiger partial charge in [0.1, 0.15) is 0 Å². The van der Waals surface area contributed by atoms with Crippen LogP contribution in [0.1, 0.15) is 46.5 Å². The molecule has 1 saturated heterocycles. The van der Waals surface area contributed by atoms with Crippen LogP contribution in [0.15, 0.2) is 0 Å². The van der Waals surface area contributed by atoms with Gasteiger partial charge in [0.15, 0.2) is 0 Å². The van der Waals surface area contributed by atoms with E-state index in [1.807, 2.05) is 20.8 Å². The van der Waals surface area contributed by atoms with Crippen molar-refractivity contribution in [2.45, 2.75) is 58.6 Å². The molecule has 0 aromatic carbocycles. The number of rotatable bonds is 5. The molecule has 1 aliphatic rings. The molecular weight excluding hydrogens is 244 g/mol. The summed E-state index contributed by atoms with van der Waals surface area (Å²) in [5.41, 5.74) is 0. The Kier molecular flexibility index (Phi) is 6.28. The summed E-state index contributed by atoms with van der Waals surface area (Å²) in [6, 6.07) is 0.0568. The Hall–Kier alpha value is -1.10. The highest BCUT2D eigenvalue weighted by Crippen LogP contribution is 2.14. The summed E-state index contributed by atoms with van der Waals surface area (Å²) < 4.78 is 0. The van der Waals surface area contributed by atoms with Crippen LogP contribution in [-0.4, -0.2) is 47.1 Å². The molecule has 1 aliphatic heterocycles. The van der Waals surface area contributed by atoms with Gasteiger partial charge in [-0.05, 0) is 18.8 Å². The second kappa shape index (κ2) is 7.48. The zero-order valence-corrected chi connectivity index (χ0v) is 12.2. The molecule has 0 saturated carbocycles. The zero-order chi connectivity index (χ0) is 14.4. The Balaban J connectivity index is 2.45. The summed E-state index contributed by atoms with van der Waals surface area (Å²) in [5, 5.41) is 12.7. The van der Waals surface area contributed by atoms with Crippen LogP contribution in [0.5, 0.6) is 0 Å². The first-order chi connectivity index (χ1) is 8.93. The second-order valence-electron chi connectivity index (χ2n) is 5.62. The lowest BCUT2D eigenvalue weighted by molar-refractivity contribution is -0.136. The molecule has 110 valence electrons. The molecule has 1 fully saturated rings. The van der Waals surface area contributed by atoms with Crippen LogP contribution in [0.25, 0.3) is 0 Å². The van der Waals surface area contributed by atoms with E-state index >= 15 is 0 Å². The minimum absolute atomic E-state index is 0.0170. The molecule has 2 N–H and O–H groups in total. The Morgan fingerprint density at radius 2 is 2.11 bits per heavy atom. The van der Waals surface area contributed by atoms with Gasteiger partial charge in [0, 0.05) is 25.6 Å². The SMILES string of the molecule is CCC(=O)NC1CCCN(C(=O)CC(O)C(C)C)C1. The zero-order valence-electron chi connectivity index (χ0n) is 12.2. The Morgan fingerprint density at radius 1 is 1.42 bits per heavy atom. The van der Waals surface area contributed by atoms with Crippen molar-refractivity contribution >= 4 is 11.8 Å². The maximum absolute atomic E-state index is 12.1. The summed E-state index contributed by atoms with van der Waals surface area (Å²) in [4.78, 5) is 25.2. The number of aliphatic hydroxyl groups excluding tert-OH is 1. The summed E-state index contributed by atoms with van der Waals surface area (Å²) in [6.45, 7) is 6.91. The van der Waals surface area contributed by atoms with Crippen LogP contribution in [0.2, 0.25) is 0 Å². The third-order valence-corrected chi connectivity index (χ3v) is 3.61. The van der Waals surface area contributed by atoms with Gasteiger partial charge in [-0.2, -0.15) is 0 Å². The fraction of sp³-hybridized carbons (Fsp3) is 0.857. The van der Waals surface area contributed by atoms with Gasteiger partial charge in [0.25, 0.3) is 0 Å². The van der Waals surface area contributed by atoms with E-state index in [0.717, 1.165) is 19.4 Å². The number of piperidine rings is 1. The second-order valence-corrected chi connectivity index (χ2v) is 5.62. The van der Waals surface area contributed by atoms with Crippen molar-refractivity contribution in [3.8, 4) is 0 Å². The van der Waals surface area contributed by atoms with E-state index in [1.54, 1.807) is 4.90 Å². The summed E-state index contributed by atoms with van der Waals surface area (Å²) in [6.07, 6.45) is 1.88. The molecule has 0 bridgehead atoms. The number of nitrogens with one attached hydrogen (secondary N) is 1. The quantitative estimate of drug-likeness (QED) is 0.780. The standard InChI is InChI=1S/C14H26N2O3/c1-4-13(18)15-11-6-5-7-16(9-11)14(19)8-12(17)10(2)3/h10-12,17H,4-9H2,1-3H3,(H,15,18). The van der Waals surface area contributed by atoms with E-state index in [4.69, 9.17) is 0 Å². The van der Waals surface area contributed by atoms with Crippen LogP contribution in [0.4, 0.5) is 0 Å². The van der Waals surface area contributed by atoms with Gasteiger partial charge in [-0.1, -0.05) is 20.8 Å². The fourth-order valence-corrected chi connectivity index (χ4v) is 2.19. The predicted octanol–water partition coefficient (Wildman–Crippen LogP) is 0.911. The van der Waals surface area contributed by atoms with Crippen LogP contribution in [0.3, 0.4) is 0 Å². The van der Waals surface area contributed by atoms with E-state index in [1.165, 1.54) is 0 Å². The first kappa shape index (κ1) is 16.0. The predicted molar refractivity (Wildman–Crippen MR) is 73.5 cm³/mol.